The summed E-state index contributed by atoms with van der Waals surface area (Å²) >= 11 is 0. The number of anilines is 2. The molecule has 7 heteroatoms. The number of carbonyl (C=O) groups is 2. The molecule has 0 radical (unpaired) electrons. The zero-order valence-corrected chi connectivity index (χ0v) is 15.9. The van der Waals surface area contributed by atoms with Crippen molar-refractivity contribution in [3.8, 4) is 5.75 Å². The summed E-state index contributed by atoms with van der Waals surface area (Å²) in [5.41, 5.74) is 7.05. The predicted octanol–water partition coefficient (Wildman–Crippen LogP) is 2.41. The van der Waals surface area contributed by atoms with Crippen LogP contribution in [0.15, 0.2) is 48.5 Å². The molecule has 0 heterocycles. The van der Waals surface area contributed by atoms with Crippen LogP contribution < -0.4 is 25.8 Å². The van der Waals surface area contributed by atoms with Gasteiger partial charge in [0.2, 0.25) is 0 Å². The molecule has 0 aliphatic rings. The summed E-state index contributed by atoms with van der Waals surface area (Å²) in [5.74, 6) is -0.0941. The van der Waals surface area contributed by atoms with Gasteiger partial charge in [0.15, 0.2) is 0 Å². The number of nitrogens with one attached hydrogen (secondary N) is 3. The molecule has 0 aliphatic heterocycles. The van der Waals surface area contributed by atoms with Gasteiger partial charge in [-0.25, -0.2) is 0 Å². The first kappa shape index (κ1) is 20.1. The molecule has 144 valence electrons. The fourth-order valence-electron chi connectivity index (χ4n) is 2.62. The Bertz CT molecular complexity index is 758. The number of amides is 2. The largest absolute Gasteiger partial charge is 0.495 e. The van der Waals surface area contributed by atoms with Crippen molar-refractivity contribution in [2.75, 3.05) is 37.0 Å². The Morgan fingerprint density at radius 2 is 1.63 bits per heavy atom. The number of ether oxygens (including phenoxy) is 1. The molecule has 2 aromatic rings. The molecule has 0 atom stereocenters. The molecule has 0 unspecified atom stereocenters. The highest BCUT2D eigenvalue weighted by Gasteiger charge is 2.09. The molecule has 2 amide bonds. The molecular weight excluding hydrogens is 344 g/mol. The first-order valence-corrected chi connectivity index (χ1v) is 8.90. The Morgan fingerprint density at radius 3 is 2.26 bits per heavy atom. The van der Waals surface area contributed by atoms with E-state index in [9.17, 15) is 9.59 Å². The number of hydrogen-bond donors (Lipinski definition) is 3. The summed E-state index contributed by atoms with van der Waals surface area (Å²) in [4.78, 5) is 26.3. The number of rotatable bonds is 8. The monoisotopic (exact) mass is 370 g/mol. The van der Waals surface area contributed by atoms with Crippen LogP contribution in [0, 0.1) is 0 Å². The van der Waals surface area contributed by atoms with E-state index >= 15 is 0 Å². The molecule has 0 spiro atoms. The highest BCUT2D eigenvalue weighted by atomic mass is 16.5. The summed E-state index contributed by atoms with van der Waals surface area (Å²) in [7, 11) is 1.56. The van der Waals surface area contributed by atoms with Gasteiger partial charge in [-0.05, 0) is 50.2 Å². The zero-order chi connectivity index (χ0) is 19.6. The van der Waals surface area contributed by atoms with Crippen LogP contribution >= 0.6 is 0 Å². The van der Waals surface area contributed by atoms with E-state index in [2.05, 4.69) is 34.9 Å². The number of para-hydroxylation sites is 2. The molecule has 0 saturated carbocycles. The zero-order valence-electron chi connectivity index (χ0n) is 15.9. The predicted molar refractivity (Wildman–Crippen MR) is 107 cm³/mol. The molecule has 0 saturated heterocycles. The van der Waals surface area contributed by atoms with Crippen molar-refractivity contribution in [1.29, 1.82) is 0 Å². The SMILES string of the molecule is CCN(CC)c1ccc(C(=O)NNC(=O)CNc2ccccc2OC)cc1. The Labute approximate surface area is 159 Å². The smallest absolute Gasteiger partial charge is 0.269 e. The van der Waals surface area contributed by atoms with Gasteiger partial charge in [0.05, 0.1) is 19.3 Å². The lowest BCUT2D eigenvalue weighted by Gasteiger charge is -2.21. The summed E-state index contributed by atoms with van der Waals surface area (Å²) in [6, 6.07) is 14.6. The minimum Gasteiger partial charge on any atom is -0.495 e. The van der Waals surface area contributed by atoms with E-state index in [1.54, 1.807) is 25.3 Å². The quantitative estimate of drug-likeness (QED) is 0.622. The van der Waals surface area contributed by atoms with Crippen molar-refractivity contribution >= 4 is 23.2 Å². The van der Waals surface area contributed by atoms with Gasteiger partial charge in [0.1, 0.15) is 5.75 Å². The Kier molecular flexibility index (Phi) is 7.49. The van der Waals surface area contributed by atoms with Crippen molar-refractivity contribution in [2.24, 2.45) is 0 Å². The number of hydrogen-bond acceptors (Lipinski definition) is 5. The number of hydrazine groups is 1. The molecule has 0 aromatic heterocycles. The van der Waals surface area contributed by atoms with E-state index in [1.165, 1.54) is 0 Å². The van der Waals surface area contributed by atoms with Gasteiger partial charge in [-0.15, -0.1) is 0 Å². The maximum Gasteiger partial charge on any atom is 0.269 e. The van der Waals surface area contributed by atoms with Gasteiger partial charge in [0.25, 0.3) is 11.8 Å². The fraction of sp³-hybridized carbons (Fsp3) is 0.300. The molecule has 0 aliphatic carbocycles. The average molecular weight is 370 g/mol. The van der Waals surface area contributed by atoms with Crippen LogP contribution in [0.2, 0.25) is 0 Å². The first-order valence-electron chi connectivity index (χ1n) is 8.90. The Morgan fingerprint density at radius 1 is 0.963 bits per heavy atom. The van der Waals surface area contributed by atoms with Crippen molar-refractivity contribution in [2.45, 2.75) is 13.8 Å². The molecule has 2 rings (SSSR count). The summed E-state index contributed by atoms with van der Waals surface area (Å²) < 4.78 is 5.21. The molecule has 0 fully saturated rings. The number of benzene rings is 2. The normalized spacial score (nSPS) is 10.0. The van der Waals surface area contributed by atoms with Crippen molar-refractivity contribution < 1.29 is 14.3 Å². The third kappa shape index (κ3) is 5.64. The van der Waals surface area contributed by atoms with Crippen LogP contribution in [-0.2, 0) is 4.79 Å². The van der Waals surface area contributed by atoms with Crippen molar-refractivity contribution in [1.82, 2.24) is 10.9 Å². The second kappa shape index (κ2) is 10.1. The summed E-state index contributed by atoms with van der Waals surface area (Å²) in [5, 5.41) is 2.97. The molecule has 27 heavy (non-hydrogen) atoms. The van der Waals surface area contributed by atoms with E-state index < -0.39 is 0 Å². The maximum atomic E-state index is 12.2. The number of nitrogens with zero attached hydrogens (tertiary/aromatic N) is 1. The van der Waals surface area contributed by atoms with Crippen LogP contribution in [0.5, 0.6) is 5.75 Å². The topological polar surface area (TPSA) is 82.7 Å². The van der Waals surface area contributed by atoms with Crippen LogP contribution in [0.4, 0.5) is 11.4 Å². The lowest BCUT2D eigenvalue weighted by molar-refractivity contribution is -0.120. The second-order valence-electron chi connectivity index (χ2n) is 5.78. The molecule has 2 aromatic carbocycles. The standard InChI is InChI=1S/C20H26N4O3/c1-4-24(5-2)16-12-10-15(11-13-16)20(26)23-22-19(25)14-21-17-8-6-7-9-18(17)27-3/h6-13,21H,4-5,14H2,1-3H3,(H,22,25)(H,23,26). The molecule has 3 N–H and O–H groups in total. The minimum atomic E-state index is -0.369. The van der Waals surface area contributed by atoms with Gasteiger partial charge in [-0.1, -0.05) is 12.1 Å². The Hall–Kier alpha value is -3.22. The van der Waals surface area contributed by atoms with Crippen LogP contribution in [0.1, 0.15) is 24.2 Å². The van der Waals surface area contributed by atoms with Gasteiger partial charge >= 0.3 is 0 Å². The lowest BCUT2D eigenvalue weighted by Crippen LogP contribution is -2.44. The number of methoxy groups -OCH3 is 1. The van der Waals surface area contributed by atoms with E-state index in [-0.39, 0.29) is 18.4 Å². The third-order valence-electron chi connectivity index (χ3n) is 4.12. The molecule has 0 bridgehead atoms. The van der Waals surface area contributed by atoms with Crippen molar-refractivity contribution in [3.63, 3.8) is 0 Å². The van der Waals surface area contributed by atoms with E-state index in [4.69, 9.17) is 4.74 Å². The Balaban J connectivity index is 1.83. The first-order chi connectivity index (χ1) is 13.1. The van der Waals surface area contributed by atoms with Gasteiger partial charge in [0, 0.05) is 24.3 Å². The van der Waals surface area contributed by atoms with Crippen LogP contribution in [0.25, 0.3) is 0 Å². The summed E-state index contributed by atoms with van der Waals surface area (Å²) in [6.07, 6.45) is 0. The minimum absolute atomic E-state index is 0.00154. The third-order valence-corrected chi connectivity index (χ3v) is 4.12. The molecular formula is C20H26N4O3. The second-order valence-corrected chi connectivity index (χ2v) is 5.78. The fourth-order valence-corrected chi connectivity index (χ4v) is 2.62. The van der Waals surface area contributed by atoms with Crippen LogP contribution in [0.3, 0.4) is 0 Å². The highest BCUT2D eigenvalue weighted by molar-refractivity contribution is 5.96. The summed E-state index contributed by atoms with van der Waals surface area (Å²) in [6.45, 7) is 5.97. The van der Waals surface area contributed by atoms with E-state index in [1.807, 2.05) is 30.3 Å². The highest BCUT2D eigenvalue weighted by Crippen LogP contribution is 2.22. The lowest BCUT2D eigenvalue weighted by atomic mass is 10.2. The van der Waals surface area contributed by atoms with Gasteiger partial charge < -0.3 is 15.0 Å². The van der Waals surface area contributed by atoms with Crippen LogP contribution in [-0.4, -0.2) is 38.6 Å². The van der Waals surface area contributed by atoms with Gasteiger partial charge in [-0.3, -0.25) is 20.4 Å². The molecule has 7 nitrogen and oxygen atoms in total. The van der Waals surface area contributed by atoms with E-state index in [0.29, 0.717) is 17.0 Å². The van der Waals surface area contributed by atoms with Gasteiger partial charge in [-0.2, -0.15) is 0 Å². The maximum absolute atomic E-state index is 12.2. The number of carbonyl (C=O) groups excluding carboxylic acids is 2. The average Bonchev–Trinajstić information content (AvgIpc) is 2.72. The van der Waals surface area contributed by atoms with Crippen molar-refractivity contribution in [3.05, 3.63) is 54.1 Å². The van der Waals surface area contributed by atoms with E-state index in [0.717, 1.165) is 18.8 Å².